The first-order valence-electron chi connectivity index (χ1n) is 7.26. The van der Waals surface area contributed by atoms with Gasteiger partial charge in [0.15, 0.2) is 0 Å². The SMILES string of the molecule is Cc1ccc(N[C@H](C)C(=O)Nc2ccccc2[N+](=O)[O-])cc1C. The third kappa shape index (κ3) is 4.06. The van der Waals surface area contributed by atoms with Crippen LogP contribution in [0, 0.1) is 24.0 Å². The number of nitrogens with zero attached hydrogens (tertiary/aromatic N) is 1. The summed E-state index contributed by atoms with van der Waals surface area (Å²) in [6, 6.07) is 11.4. The summed E-state index contributed by atoms with van der Waals surface area (Å²) in [6.45, 7) is 5.72. The number of para-hydroxylation sites is 2. The van der Waals surface area contributed by atoms with E-state index in [0.717, 1.165) is 11.3 Å². The Balaban J connectivity index is 2.08. The van der Waals surface area contributed by atoms with Crippen LogP contribution in [0.4, 0.5) is 17.1 Å². The van der Waals surface area contributed by atoms with Crippen LogP contribution in [0.5, 0.6) is 0 Å². The molecule has 1 atom stereocenters. The van der Waals surface area contributed by atoms with E-state index in [1.807, 2.05) is 32.0 Å². The van der Waals surface area contributed by atoms with Gasteiger partial charge in [0.1, 0.15) is 11.7 Å². The maximum absolute atomic E-state index is 12.2. The average Bonchev–Trinajstić information content (AvgIpc) is 2.51. The number of amides is 1. The number of hydrogen-bond donors (Lipinski definition) is 2. The first kappa shape index (κ1) is 16.5. The molecule has 2 aromatic rings. The molecule has 6 nitrogen and oxygen atoms in total. The number of hydrogen-bond acceptors (Lipinski definition) is 4. The van der Waals surface area contributed by atoms with Crippen LogP contribution in [0.25, 0.3) is 0 Å². The van der Waals surface area contributed by atoms with Gasteiger partial charge in [0.05, 0.1) is 4.92 Å². The van der Waals surface area contributed by atoms with E-state index in [4.69, 9.17) is 0 Å². The summed E-state index contributed by atoms with van der Waals surface area (Å²) in [5.41, 5.74) is 3.20. The molecule has 0 aliphatic heterocycles. The second-order valence-electron chi connectivity index (χ2n) is 5.43. The number of nitro benzene ring substituents is 1. The average molecular weight is 313 g/mol. The summed E-state index contributed by atoms with van der Waals surface area (Å²) < 4.78 is 0. The molecule has 2 N–H and O–H groups in total. The summed E-state index contributed by atoms with van der Waals surface area (Å²) in [5.74, 6) is -0.336. The summed E-state index contributed by atoms with van der Waals surface area (Å²) in [6.07, 6.45) is 0. The third-order valence-electron chi connectivity index (χ3n) is 3.64. The van der Waals surface area contributed by atoms with Crippen molar-refractivity contribution in [2.24, 2.45) is 0 Å². The molecule has 0 heterocycles. The first-order valence-corrected chi connectivity index (χ1v) is 7.26. The lowest BCUT2D eigenvalue weighted by Gasteiger charge is -2.16. The molecule has 2 rings (SSSR count). The molecule has 0 bridgehead atoms. The molecule has 0 saturated carbocycles. The highest BCUT2D eigenvalue weighted by molar-refractivity contribution is 5.97. The van der Waals surface area contributed by atoms with Gasteiger partial charge in [0.2, 0.25) is 5.91 Å². The molecule has 2 aromatic carbocycles. The van der Waals surface area contributed by atoms with E-state index < -0.39 is 11.0 Å². The molecule has 0 spiro atoms. The number of carbonyl (C=O) groups is 1. The van der Waals surface area contributed by atoms with Crippen molar-refractivity contribution in [3.05, 3.63) is 63.7 Å². The van der Waals surface area contributed by atoms with Crippen LogP contribution in [0.2, 0.25) is 0 Å². The zero-order chi connectivity index (χ0) is 17.0. The maximum Gasteiger partial charge on any atom is 0.292 e. The van der Waals surface area contributed by atoms with Gasteiger partial charge in [-0.05, 0) is 50.1 Å². The minimum absolute atomic E-state index is 0.126. The summed E-state index contributed by atoms with van der Waals surface area (Å²) in [5, 5.41) is 16.7. The van der Waals surface area contributed by atoms with Crippen molar-refractivity contribution >= 4 is 23.0 Å². The van der Waals surface area contributed by atoms with Crippen LogP contribution in [0.3, 0.4) is 0 Å². The predicted octanol–water partition coefficient (Wildman–Crippen LogP) is 3.65. The summed E-state index contributed by atoms with van der Waals surface area (Å²) in [7, 11) is 0. The molecule has 0 unspecified atom stereocenters. The molecule has 23 heavy (non-hydrogen) atoms. The molecule has 0 fully saturated rings. The molecular weight excluding hydrogens is 294 g/mol. The fraction of sp³-hybridized carbons (Fsp3) is 0.235. The lowest BCUT2D eigenvalue weighted by molar-refractivity contribution is -0.383. The topological polar surface area (TPSA) is 84.3 Å². The van der Waals surface area contributed by atoms with E-state index >= 15 is 0 Å². The van der Waals surface area contributed by atoms with E-state index in [2.05, 4.69) is 10.6 Å². The fourth-order valence-electron chi connectivity index (χ4n) is 2.13. The standard InChI is InChI=1S/C17H19N3O3/c1-11-8-9-14(10-12(11)2)18-13(3)17(21)19-15-6-4-5-7-16(15)20(22)23/h4-10,13,18H,1-3H3,(H,19,21)/t13-/m1/s1. The number of rotatable bonds is 5. The van der Waals surface area contributed by atoms with Crippen molar-refractivity contribution in [1.82, 2.24) is 0 Å². The summed E-state index contributed by atoms with van der Waals surface area (Å²) in [4.78, 5) is 22.7. The van der Waals surface area contributed by atoms with Gasteiger partial charge in [-0.1, -0.05) is 18.2 Å². The van der Waals surface area contributed by atoms with Gasteiger partial charge < -0.3 is 10.6 Å². The second kappa shape index (κ2) is 6.91. The van der Waals surface area contributed by atoms with E-state index in [9.17, 15) is 14.9 Å². The maximum atomic E-state index is 12.2. The summed E-state index contributed by atoms with van der Waals surface area (Å²) >= 11 is 0. The van der Waals surface area contributed by atoms with E-state index in [-0.39, 0.29) is 17.3 Å². The molecule has 6 heteroatoms. The zero-order valence-electron chi connectivity index (χ0n) is 13.3. The molecule has 0 saturated heterocycles. The van der Waals surface area contributed by atoms with Crippen molar-refractivity contribution in [2.45, 2.75) is 26.8 Å². The predicted molar refractivity (Wildman–Crippen MR) is 90.7 cm³/mol. The second-order valence-corrected chi connectivity index (χ2v) is 5.43. The minimum Gasteiger partial charge on any atom is -0.374 e. The highest BCUT2D eigenvalue weighted by Gasteiger charge is 2.18. The van der Waals surface area contributed by atoms with Crippen LogP contribution in [-0.4, -0.2) is 16.9 Å². The molecule has 0 aliphatic carbocycles. The fourth-order valence-corrected chi connectivity index (χ4v) is 2.13. The number of nitro groups is 1. The monoisotopic (exact) mass is 313 g/mol. The van der Waals surface area contributed by atoms with Crippen LogP contribution < -0.4 is 10.6 Å². The van der Waals surface area contributed by atoms with Gasteiger partial charge in [0, 0.05) is 11.8 Å². The highest BCUT2D eigenvalue weighted by Crippen LogP contribution is 2.23. The van der Waals surface area contributed by atoms with Crippen LogP contribution in [0.1, 0.15) is 18.1 Å². The molecule has 0 aliphatic rings. The Hall–Kier alpha value is -2.89. The van der Waals surface area contributed by atoms with Crippen molar-refractivity contribution in [2.75, 3.05) is 10.6 Å². The lowest BCUT2D eigenvalue weighted by atomic mass is 10.1. The highest BCUT2D eigenvalue weighted by atomic mass is 16.6. The smallest absolute Gasteiger partial charge is 0.292 e. The Bertz CT molecular complexity index is 744. The van der Waals surface area contributed by atoms with E-state index in [0.29, 0.717) is 0 Å². The zero-order valence-corrected chi connectivity index (χ0v) is 13.3. The van der Waals surface area contributed by atoms with E-state index in [1.165, 1.54) is 17.7 Å². The lowest BCUT2D eigenvalue weighted by Crippen LogP contribution is -2.32. The Morgan fingerprint density at radius 1 is 1.13 bits per heavy atom. The van der Waals surface area contributed by atoms with Gasteiger partial charge in [-0.25, -0.2) is 0 Å². The van der Waals surface area contributed by atoms with Gasteiger partial charge in [-0.15, -0.1) is 0 Å². The van der Waals surface area contributed by atoms with Crippen molar-refractivity contribution in [3.8, 4) is 0 Å². The Morgan fingerprint density at radius 2 is 1.83 bits per heavy atom. The van der Waals surface area contributed by atoms with Crippen LogP contribution in [-0.2, 0) is 4.79 Å². The van der Waals surface area contributed by atoms with Gasteiger partial charge in [-0.3, -0.25) is 14.9 Å². The number of benzene rings is 2. The number of anilines is 2. The molecule has 1 amide bonds. The van der Waals surface area contributed by atoms with Gasteiger partial charge in [-0.2, -0.15) is 0 Å². The van der Waals surface area contributed by atoms with Crippen molar-refractivity contribution < 1.29 is 9.72 Å². The van der Waals surface area contributed by atoms with E-state index in [1.54, 1.807) is 19.1 Å². The number of nitrogens with one attached hydrogen (secondary N) is 2. The molecule has 0 aromatic heterocycles. The normalized spacial score (nSPS) is 11.6. The molecule has 0 radical (unpaired) electrons. The molecule has 120 valence electrons. The quantitative estimate of drug-likeness (QED) is 0.652. The minimum atomic E-state index is -0.531. The molecular formula is C17H19N3O3. The van der Waals surface area contributed by atoms with Crippen molar-refractivity contribution in [1.29, 1.82) is 0 Å². The third-order valence-corrected chi connectivity index (χ3v) is 3.64. The number of carbonyl (C=O) groups excluding carboxylic acids is 1. The van der Waals surface area contributed by atoms with Crippen LogP contribution in [0.15, 0.2) is 42.5 Å². The Labute approximate surface area is 134 Å². The Kier molecular flexibility index (Phi) is 4.95. The van der Waals surface area contributed by atoms with Gasteiger partial charge >= 0.3 is 0 Å². The van der Waals surface area contributed by atoms with Crippen molar-refractivity contribution in [3.63, 3.8) is 0 Å². The first-order chi connectivity index (χ1) is 10.9. The van der Waals surface area contributed by atoms with Crippen LogP contribution >= 0.6 is 0 Å². The van der Waals surface area contributed by atoms with Gasteiger partial charge in [0.25, 0.3) is 5.69 Å². The number of aryl methyl sites for hydroxylation is 2. The largest absolute Gasteiger partial charge is 0.374 e. The Morgan fingerprint density at radius 3 is 2.48 bits per heavy atom.